The van der Waals surface area contributed by atoms with E-state index in [2.05, 4.69) is 90.1 Å². The zero-order valence-electron chi connectivity index (χ0n) is 28.4. The Kier molecular flexibility index (Phi) is 13.4. The van der Waals surface area contributed by atoms with Gasteiger partial charge in [-0.2, -0.15) is 23.4 Å². The van der Waals surface area contributed by atoms with Gasteiger partial charge in [0.25, 0.3) is 14.6 Å². The molecule has 0 saturated heterocycles. The number of benzene rings is 2. The van der Waals surface area contributed by atoms with Crippen molar-refractivity contribution in [3.05, 3.63) is 41.9 Å². The highest BCUT2D eigenvalue weighted by Crippen LogP contribution is 2.36. The summed E-state index contributed by atoms with van der Waals surface area (Å²) >= 11 is 3.07. The van der Waals surface area contributed by atoms with E-state index >= 15 is 0 Å². The SMILES string of the molecule is CCN(CC)c1ccc(N=Nc2nncs2)c(Nc2nc(Nc3cc(N(CC)CC)ccc3N=Nc3nnc(S(=O)(=O)O)s3)nc(SCCO)n2)c1. The minimum absolute atomic E-state index is 0.0771. The standard InChI is InChI=1S/C29H35N15O4S4/c1-5-43(6-2)18-9-11-20(36-39-27-38-30-17-50-27)22(15-18)31-24-33-25(35-26(34-24)49-14-13-45)32-23-16-19(44(7-3)8-4)10-12-21(23)37-40-28-41-42-29(51-28)52(46,47)48/h9-12,15-17,45H,5-8,13-14H2,1-4H3,(H,46,47,48)(H2,31,32,33,34,35). The molecule has 0 fully saturated rings. The van der Waals surface area contributed by atoms with Crippen LogP contribution >= 0.6 is 34.4 Å². The molecule has 0 atom stereocenters. The molecule has 3 aromatic heterocycles. The normalized spacial score (nSPS) is 11.8. The average molecular weight is 786 g/mol. The van der Waals surface area contributed by atoms with Gasteiger partial charge in [-0.3, -0.25) is 4.55 Å². The molecule has 5 rings (SSSR count). The van der Waals surface area contributed by atoms with Crippen LogP contribution in [0.4, 0.5) is 56.3 Å². The van der Waals surface area contributed by atoms with E-state index in [1.807, 2.05) is 44.2 Å². The summed E-state index contributed by atoms with van der Waals surface area (Å²) in [6.45, 7) is 11.2. The molecule has 0 aliphatic heterocycles. The van der Waals surface area contributed by atoms with Crippen molar-refractivity contribution in [1.29, 1.82) is 0 Å². The van der Waals surface area contributed by atoms with Crippen LogP contribution in [0.2, 0.25) is 0 Å². The third kappa shape index (κ3) is 10.2. The second-order valence-corrected chi connectivity index (χ2v) is 14.7. The van der Waals surface area contributed by atoms with E-state index in [0.29, 0.717) is 50.1 Å². The molecule has 274 valence electrons. The lowest BCUT2D eigenvalue weighted by Gasteiger charge is -2.22. The Bertz CT molecular complexity index is 2110. The first-order valence-corrected chi connectivity index (χ1v) is 20.0. The molecule has 23 heteroatoms. The Morgan fingerprint density at radius 1 is 0.769 bits per heavy atom. The molecule has 0 unspecified atom stereocenters. The number of thioether (sulfide) groups is 1. The number of aromatic nitrogens is 7. The number of rotatable bonds is 18. The number of azo groups is 2. The van der Waals surface area contributed by atoms with Gasteiger partial charge in [-0.1, -0.05) is 34.4 Å². The lowest BCUT2D eigenvalue weighted by molar-refractivity contribution is 0.322. The van der Waals surface area contributed by atoms with E-state index in [9.17, 15) is 18.1 Å². The molecule has 5 aromatic rings. The zero-order valence-corrected chi connectivity index (χ0v) is 31.7. The molecule has 52 heavy (non-hydrogen) atoms. The molecule has 4 N–H and O–H groups in total. The summed E-state index contributed by atoms with van der Waals surface area (Å²) in [5, 5.41) is 48.7. The van der Waals surface area contributed by atoms with Crippen molar-refractivity contribution in [3.63, 3.8) is 0 Å². The number of nitrogens with one attached hydrogen (secondary N) is 2. The van der Waals surface area contributed by atoms with Crippen molar-refractivity contribution in [2.24, 2.45) is 20.5 Å². The first-order chi connectivity index (χ1) is 25.1. The third-order valence-electron chi connectivity index (χ3n) is 7.10. The molecule has 0 bridgehead atoms. The minimum Gasteiger partial charge on any atom is -0.396 e. The summed E-state index contributed by atoms with van der Waals surface area (Å²) < 4.78 is 31.6. The fraction of sp³-hybridized carbons (Fsp3) is 0.345. The number of anilines is 6. The maximum Gasteiger partial charge on any atom is 0.324 e. The van der Waals surface area contributed by atoms with Crippen molar-refractivity contribution in [1.82, 2.24) is 35.3 Å². The predicted octanol–water partition coefficient (Wildman–Crippen LogP) is 6.92. The third-order valence-corrected chi connectivity index (χ3v) is 10.5. The van der Waals surface area contributed by atoms with Crippen LogP contribution in [0.1, 0.15) is 27.7 Å². The highest BCUT2D eigenvalue weighted by molar-refractivity contribution is 7.99. The summed E-state index contributed by atoms with van der Waals surface area (Å²) in [4.78, 5) is 18.2. The predicted molar refractivity (Wildman–Crippen MR) is 202 cm³/mol. The van der Waals surface area contributed by atoms with Gasteiger partial charge in [-0.15, -0.1) is 40.9 Å². The molecule has 0 radical (unpaired) electrons. The molecule has 0 spiro atoms. The van der Waals surface area contributed by atoms with Gasteiger partial charge in [-0.05, 0) is 64.1 Å². The molecule has 2 aromatic carbocycles. The molecule has 0 amide bonds. The quantitative estimate of drug-likeness (QED) is 0.0400. The van der Waals surface area contributed by atoms with E-state index < -0.39 is 14.5 Å². The van der Waals surface area contributed by atoms with Gasteiger partial charge < -0.3 is 25.5 Å². The molecule has 0 saturated carbocycles. The molecular formula is C29H35N15O4S4. The van der Waals surface area contributed by atoms with Crippen LogP contribution in [0.15, 0.2) is 71.9 Å². The van der Waals surface area contributed by atoms with E-state index in [0.717, 1.165) is 37.6 Å². The van der Waals surface area contributed by atoms with Crippen molar-refractivity contribution < 1.29 is 18.1 Å². The smallest absolute Gasteiger partial charge is 0.324 e. The van der Waals surface area contributed by atoms with Gasteiger partial charge in [0, 0.05) is 43.3 Å². The van der Waals surface area contributed by atoms with E-state index in [1.165, 1.54) is 23.1 Å². The topological polar surface area (TPSA) is 245 Å². The van der Waals surface area contributed by atoms with Crippen molar-refractivity contribution in [2.75, 3.05) is 59.0 Å². The first-order valence-electron chi connectivity index (χ1n) is 15.9. The Morgan fingerprint density at radius 3 is 1.79 bits per heavy atom. The fourth-order valence-corrected chi connectivity index (χ4v) is 6.79. The van der Waals surface area contributed by atoms with Crippen molar-refractivity contribution in [3.8, 4) is 0 Å². The van der Waals surface area contributed by atoms with E-state index in [4.69, 9.17) is 0 Å². The van der Waals surface area contributed by atoms with Crippen LogP contribution in [0.25, 0.3) is 0 Å². The van der Waals surface area contributed by atoms with E-state index in [-0.39, 0.29) is 23.6 Å². The Hall–Kier alpha value is -4.81. The second kappa shape index (κ2) is 18.1. The summed E-state index contributed by atoms with van der Waals surface area (Å²) in [5.41, 5.74) is 5.32. The van der Waals surface area contributed by atoms with E-state index in [1.54, 1.807) is 11.6 Å². The van der Waals surface area contributed by atoms with Crippen LogP contribution in [0.3, 0.4) is 0 Å². The van der Waals surface area contributed by atoms with Crippen LogP contribution in [-0.4, -0.2) is 92.0 Å². The highest BCUT2D eigenvalue weighted by atomic mass is 32.3. The lowest BCUT2D eigenvalue weighted by Crippen LogP contribution is -2.21. The summed E-state index contributed by atoms with van der Waals surface area (Å²) in [6.07, 6.45) is 0. The number of hydrogen-bond acceptors (Lipinski definition) is 21. The zero-order chi connectivity index (χ0) is 37.1. The second-order valence-electron chi connectivity index (χ2n) is 10.3. The van der Waals surface area contributed by atoms with Crippen molar-refractivity contribution >= 4 is 101 Å². The van der Waals surface area contributed by atoms with Crippen molar-refractivity contribution in [2.45, 2.75) is 37.2 Å². The highest BCUT2D eigenvalue weighted by Gasteiger charge is 2.18. The van der Waals surface area contributed by atoms with Crippen LogP contribution < -0.4 is 20.4 Å². The first kappa shape index (κ1) is 38.4. The van der Waals surface area contributed by atoms with Gasteiger partial charge in [0.2, 0.25) is 11.9 Å². The average Bonchev–Trinajstić information content (AvgIpc) is 3.84. The number of nitrogens with zero attached hydrogens (tertiary/aromatic N) is 13. The lowest BCUT2D eigenvalue weighted by atomic mass is 10.2. The maximum absolute atomic E-state index is 11.5. The molecular weight excluding hydrogens is 751 g/mol. The molecule has 19 nitrogen and oxygen atoms in total. The van der Waals surface area contributed by atoms with Gasteiger partial charge in [-0.25, -0.2) is 0 Å². The van der Waals surface area contributed by atoms with Gasteiger partial charge in [0.05, 0.1) is 18.0 Å². The molecule has 0 aliphatic rings. The van der Waals surface area contributed by atoms with Crippen LogP contribution in [-0.2, 0) is 10.1 Å². The van der Waals surface area contributed by atoms with Crippen LogP contribution in [0, 0.1) is 0 Å². The Morgan fingerprint density at radius 2 is 1.33 bits per heavy atom. The number of hydrogen-bond donors (Lipinski definition) is 4. The molecule has 3 heterocycles. The van der Waals surface area contributed by atoms with Crippen LogP contribution in [0.5, 0.6) is 0 Å². The summed E-state index contributed by atoms with van der Waals surface area (Å²) in [7, 11) is -4.54. The largest absolute Gasteiger partial charge is 0.396 e. The minimum atomic E-state index is -4.54. The van der Waals surface area contributed by atoms with Gasteiger partial charge in [0.1, 0.15) is 16.9 Å². The Balaban J connectivity index is 1.55. The fourth-order valence-electron chi connectivity index (χ4n) is 4.66. The van der Waals surface area contributed by atoms with Gasteiger partial charge in [0.15, 0.2) is 5.16 Å². The monoisotopic (exact) mass is 785 g/mol. The molecule has 0 aliphatic carbocycles. The maximum atomic E-state index is 11.5. The Labute approximate surface area is 311 Å². The summed E-state index contributed by atoms with van der Waals surface area (Å²) in [5.74, 6) is 0.690. The number of aliphatic hydroxyl groups is 1. The number of aliphatic hydroxyl groups excluding tert-OH is 1. The van der Waals surface area contributed by atoms with Gasteiger partial charge >= 0.3 is 10.1 Å². The summed E-state index contributed by atoms with van der Waals surface area (Å²) in [6, 6.07) is 11.2.